The molecule has 1 aromatic rings. The van der Waals surface area contributed by atoms with E-state index in [9.17, 15) is 0 Å². The molecular weight excluding hydrogens is 214 g/mol. The monoisotopic (exact) mass is 233 g/mol. The second kappa shape index (κ2) is 4.22. The minimum Gasteiger partial charge on any atom is -0.493 e. The van der Waals surface area contributed by atoms with Crippen molar-refractivity contribution < 1.29 is 9.47 Å². The lowest BCUT2D eigenvalue weighted by Gasteiger charge is -2.22. The van der Waals surface area contributed by atoms with Gasteiger partial charge >= 0.3 is 0 Å². The molecular formula is C14H19NO2. The van der Waals surface area contributed by atoms with Crippen molar-refractivity contribution in [3.63, 3.8) is 0 Å². The maximum absolute atomic E-state index is 5.91. The molecule has 2 heterocycles. The van der Waals surface area contributed by atoms with Gasteiger partial charge in [0, 0.05) is 24.3 Å². The van der Waals surface area contributed by atoms with Crippen LogP contribution in [0.2, 0.25) is 0 Å². The molecule has 1 saturated heterocycles. The van der Waals surface area contributed by atoms with Crippen LogP contribution in [0.1, 0.15) is 18.9 Å². The zero-order valence-corrected chi connectivity index (χ0v) is 10.3. The van der Waals surface area contributed by atoms with Crippen LogP contribution < -0.4 is 10.1 Å². The Hall–Kier alpha value is -1.22. The molecule has 2 aliphatic heterocycles. The lowest BCUT2D eigenvalue weighted by atomic mass is 9.91. The number of hydrogen-bond donors (Lipinski definition) is 1. The van der Waals surface area contributed by atoms with E-state index < -0.39 is 0 Å². The summed E-state index contributed by atoms with van der Waals surface area (Å²) in [6.45, 7) is 5.71. The molecule has 1 unspecified atom stereocenters. The molecule has 0 aromatic heterocycles. The molecule has 0 spiro atoms. The van der Waals surface area contributed by atoms with Gasteiger partial charge in [-0.25, -0.2) is 0 Å². The van der Waals surface area contributed by atoms with Gasteiger partial charge in [0.15, 0.2) is 0 Å². The molecule has 3 heteroatoms. The van der Waals surface area contributed by atoms with Crippen LogP contribution in [-0.2, 0) is 11.2 Å². The van der Waals surface area contributed by atoms with Gasteiger partial charge in [0.1, 0.15) is 5.75 Å². The molecule has 1 atom stereocenters. The van der Waals surface area contributed by atoms with Gasteiger partial charge in [-0.3, -0.25) is 0 Å². The Morgan fingerprint density at radius 1 is 1.47 bits per heavy atom. The minimum absolute atomic E-state index is 0.192. The van der Waals surface area contributed by atoms with Gasteiger partial charge in [-0.15, -0.1) is 0 Å². The fraction of sp³-hybridized carbons (Fsp3) is 0.571. The predicted molar refractivity (Wildman–Crippen MR) is 67.7 cm³/mol. The third-order valence-corrected chi connectivity index (χ3v) is 3.67. The third kappa shape index (κ3) is 2.25. The van der Waals surface area contributed by atoms with Crippen LogP contribution in [0.5, 0.6) is 5.75 Å². The first-order valence-electron chi connectivity index (χ1n) is 6.33. The maximum atomic E-state index is 5.91. The van der Waals surface area contributed by atoms with Crippen molar-refractivity contribution in [3.8, 4) is 5.75 Å². The quantitative estimate of drug-likeness (QED) is 0.870. The summed E-state index contributed by atoms with van der Waals surface area (Å²) < 4.78 is 11.3. The van der Waals surface area contributed by atoms with E-state index >= 15 is 0 Å². The number of rotatable bonds is 3. The highest BCUT2D eigenvalue weighted by atomic mass is 16.5. The third-order valence-electron chi connectivity index (χ3n) is 3.67. The number of fused-ring (bicyclic) bond motifs is 1. The Labute approximate surface area is 102 Å². The second-order valence-corrected chi connectivity index (χ2v) is 5.40. The van der Waals surface area contributed by atoms with Crippen LogP contribution in [0.3, 0.4) is 0 Å². The molecule has 1 fully saturated rings. The lowest BCUT2D eigenvalue weighted by molar-refractivity contribution is 0.118. The normalized spacial score (nSPS) is 26.6. The highest BCUT2D eigenvalue weighted by Crippen LogP contribution is 2.31. The number of benzene rings is 1. The summed E-state index contributed by atoms with van der Waals surface area (Å²) in [6.07, 6.45) is 2.20. The summed E-state index contributed by atoms with van der Waals surface area (Å²) in [4.78, 5) is 0. The first kappa shape index (κ1) is 10.9. The lowest BCUT2D eigenvalue weighted by Crippen LogP contribution is -2.25. The smallest absolute Gasteiger partial charge is 0.119 e. The molecule has 3 rings (SSSR count). The van der Waals surface area contributed by atoms with Gasteiger partial charge < -0.3 is 14.8 Å². The number of hydrogen-bond acceptors (Lipinski definition) is 3. The average Bonchev–Trinajstić information content (AvgIpc) is 2.95. The van der Waals surface area contributed by atoms with Crippen LogP contribution in [0.25, 0.3) is 0 Å². The van der Waals surface area contributed by atoms with E-state index in [2.05, 4.69) is 30.4 Å². The van der Waals surface area contributed by atoms with Crippen LogP contribution >= 0.6 is 0 Å². The van der Waals surface area contributed by atoms with E-state index in [4.69, 9.17) is 9.47 Å². The van der Waals surface area contributed by atoms with Crippen molar-refractivity contribution in [2.24, 2.45) is 5.41 Å². The molecule has 0 saturated carbocycles. The summed E-state index contributed by atoms with van der Waals surface area (Å²) in [5.41, 5.74) is 2.82. The van der Waals surface area contributed by atoms with Gasteiger partial charge in [-0.1, -0.05) is 6.92 Å². The van der Waals surface area contributed by atoms with Crippen molar-refractivity contribution in [3.05, 3.63) is 23.8 Å². The fourth-order valence-electron chi connectivity index (χ4n) is 2.45. The highest BCUT2D eigenvalue weighted by Gasteiger charge is 2.30. The van der Waals surface area contributed by atoms with E-state index in [1.165, 1.54) is 11.3 Å². The van der Waals surface area contributed by atoms with Gasteiger partial charge in [-0.2, -0.15) is 0 Å². The average molecular weight is 233 g/mol. The molecule has 0 aliphatic carbocycles. The molecule has 3 nitrogen and oxygen atoms in total. The Morgan fingerprint density at radius 3 is 3.24 bits per heavy atom. The van der Waals surface area contributed by atoms with Crippen LogP contribution in [0, 0.1) is 5.41 Å². The zero-order valence-electron chi connectivity index (χ0n) is 10.3. The summed E-state index contributed by atoms with van der Waals surface area (Å²) in [5, 5.41) is 3.36. The predicted octanol–water partition coefficient (Wildman–Crippen LogP) is 2.46. The minimum atomic E-state index is 0.192. The van der Waals surface area contributed by atoms with E-state index in [1.807, 2.05) is 0 Å². The molecule has 0 bridgehead atoms. The van der Waals surface area contributed by atoms with Crippen molar-refractivity contribution in [1.82, 2.24) is 0 Å². The molecule has 0 amide bonds. The number of anilines is 1. The molecule has 0 radical (unpaired) electrons. The second-order valence-electron chi connectivity index (χ2n) is 5.40. The molecule has 92 valence electrons. The molecule has 1 N–H and O–H groups in total. The van der Waals surface area contributed by atoms with E-state index in [0.717, 1.165) is 45.0 Å². The first-order valence-corrected chi connectivity index (χ1v) is 6.33. The Balaban J connectivity index is 1.65. The van der Waals surface area contributed by atoms with E-state index in [1.54, 1.807) is 0 Å². The van der Waals surface area contributed by atoms with E-state index in [-0.39, 0.29) is 5.41 Å². The maximum Gasteiger partial charge on any atom is 0.119 e. The Kier molecular flexibility index (Phi) is 2.71. The fourth-order valence-corrected chi connectivity index (χ4v) is 2.45. The van der Waals surface area contributed by atoms with Crippen LogP contribution in [0.4, 0.5) is 5.69 Å². The summed E-state index contributed by atoms with van der Waals surface area (Å²) in [6, 6.07) is 6.33. The summed E-state index contributed by atoms with van der Waals surface area (Å²) in [5.74, 6) is 0.987. The Bertz CT molecular complexity index is 411. The number of ether oxygens (including phenoxy) is 2. The Morgan fingerprint density at radius 2 is 2.41 bits per heavy atom. The van der Waals surface area contributed by atoms with Crippen LogP contribution in [0.15, 0.2) is 18.2 Å². The van der Waals surface area contributed by atoms with Crippen molar-refractivity contribution in [2.45, 2.75) is 19.8 Å². The van der Waals surface area contributed by atoms with E-state index in [0.29, 0.717) is 0 Å². The SMILES string of the molecule is CC1(COc2ccc3c(c2)CCN3)CCOC1. The van der Waals surface area contributed by atoms with Crippen LogP contribution in [-0.4, -0.2) is 26.4 Å². The standard InChI is InChI=1S/C14H19NO2/c1-14(5-7-16-9-14)10-17-12-2-3-13-11(8-12)4-6-15-13/h2-3,8,15H,4-7,9-10H2,1H3. The van der Waals surface area contributed by atoms with Gasteiger partial charge in [0.25, 0.3) is 0 Å². The topological polar surface area (TPSA) is 30.5 Å². The molecule has 2 aliphatic rings. The van der Waals surface area contributed by atoms with Crippen molar-refractivity contribution in [1.29, 1.82) is 0 Å². The van der Waals surface area contributed by atoms with Crippen molar-refractivity contribution in [2.75, 3.05) is 31.7 Å². The number of nitrogens with one attached hydrogen (secondary N) is 1. The van der Waals surface area contributed by atoms with Crippen molar-refractivity contribution >= 4 is 5.69 Å². The summed E-state index contributed by atoms with van der Waals surface area (Å²) in [7, 11) is 0. The van der Waals surface area contributed by atoms with Gasteiger partial charge in [0.05, 0.1) is 13.2 Å². The molecule has 17 heavy (non-hydrogen) atoms. The first-order chi connectivity index (χ1) is 8.25. The molecule has 1 aromatic carbocycles. The highest BCUT2D eigenvalue weighted by molar-refractivity contribution is 5.57. The largest absolute Gasteiger partial charge is 0.493 e. The van der Waals surface area contributed by atoms with Gasteiger partial charge in [-0.05, 0) is 36.6 Å². The summed E-state index contributed by atoms with van der Waals surface area (Å²) >= 11 is 0. The zero-order chi connectivity index (χ0) is 11.7. The van der Waals surface area contributed by atoms with Gasteiger partial charge in [0.2, 0.25) is 0 Å².